The van der Waals surface area contributed by atoms with Crippen molar-refractivity contribution < 1.29 is 13.2 Å². The van der Waals surface area contributed by atoms with Crippen molar-refractivity contribution in [3.05, 3.63) is 39.0 Å². The molecule has 0 unspecified atom stereocenters. The number of nitrogens with one attached hydrogen (secondary N) is 1. The van der Waals surface area contributed by atoms with E-state index in [1.165, 1.54) is 6.20 Å². The minimum Gasteiger partial charge on any atom is -0.377 e. The van der Waals surface area contributed by atoms with Gasteiger partial charge >= 0.3 is 6.18 Å². The van der Waals surface area contributed by atoms with Crippen molar-refractivity contribution >= 4 is 21.6 Å². The molecule has 0 atom stereocenters. The first-order valence-electron chi connectivity index (χ1n) is 5.81. The van der Waals surface area contributed by atoms with E-state index >= 15 is 0 Å². The Morgan fingerprint density at radius 1 is 1.43 bits per heavy atom. The second-order valence-electron chi connectivity index (χ2n) is 4.28. The highest BCUT2D eigenvalue weighted by Gasteiger charge is 2.29. The van der Waals surface area contributed by atoms with Gasteiger partial charge in [0, 0.05) is 13.2 Å². The lowest BCUT2D eigenvalue weighted by molar-refractivity contribution is -0.143. The summed E-state index contributed by atoms with van der Waals surface area (Å²) in [5.41, 5.74) is 0.186. The van der Waals surface area contributed by atoms with Gasteiger partial charge in [-0.3, -0.25) is 9.48 Å². The van der Waals surface area contributed by atoms with Gasteiger partial charge in [0.2, 0.25) is 0 Å². The third-order valence-corrected chi connectivity index (χ3v) is 3.31. The molecule has 2 aromatic heterocycles. The van der Waals surface area contributed by atoms with Crippen molar-refractivity contribution in [2.75, 3.05) is 5.32 Å². The van der Waals surface area contributed by atoms with Crippen molar-refractivity contribution in [3.8, 4) is 0 Å². The van der Waals surface area contributed by atoms with E-state index < -0.39 is 18.3 Å². The van der Waals surface area contributed by atoms with E-state index in [4.69, 9.17) is 0 Å². The Balaban J connectivity index is 2.15. The third kappa shape index (κ3) is 4.06. The zero-order valence-electron chi connectivity index (χ0n) is 10.9. The molecule has 0 bridgehead atoms. The molecule has 2 heterocycles. The molecule has 10 heteroatoms. The molecule has 6 nitrogen and oxygen atoms in total. The molecule has 0 aromatic carbocycles. The Kier molecular flexibility index (Phi) is 4.35. The Morgan fingerprint density at radius 2 is 2.14 bits per heavy atom. The maximum atomic E-state index is 12.3. The van der Waals surface area contributed by atoms with E-state index in [0.717, 1.165) is 5.69 Å². The molecule has 1 N–H and O–H groups in total. The van der Waals surface area contributed by atoms with Crippen LogP contribution in [0.3, 0.4) is 0 Å². The van der Waals surface area contributed by atoms with Crippen LogP contribution in [0.1, 0.15) is 5.69 Å². The van der Waals surface area contributed by atoms with Gasteiger partial charge in [0.1, 0.15) is 11.0 Å². The molecule has 21 heavy (non-hydrogen) atoms. The predicted molar refractivity (Wildman–Crippen MR) is 72.8 cm³/mol. The number of hydrogen-bond acceptors (Lipinski definition) is 4. The lowest BCUT2D eigenvalue weighted by Gasteiger charge is -2.11. The number of aromatic nitrogens is 4. The van der Waals surface area contributed by atoms with Crippen LogP contribution in [0, 0.1) is 0 Å². The minimum absolute atomic E-state index is 0.00215. The molecule has 0 fully saturated rings. The monoisotopic (exact) mass is 365 g/mol. The van der Waals surface area contributed by atoms with E-state index in [0.29, 0.717) is 16.9 Å². The predicted octanol–water partition coefficient (Wildman–Crippen LogP) is 1.91. The Morgan fingerprint density at radius 3 is 2.71 bits per heavy atom. The number of anilines is 1. The summed E-state index contributed by atoms with van der Waals surface area (Å²) in [4.78, 5) is 11.8. The maximum Gasteiger partial charge on any atom is 0.408 e. The normalized spacial score (nSPS) is 11.7. The summed E-state index contributed by atoms with van der Waals surface area (Å²) in [7, 11) is 1.76. The molecular formula is C11H11BrF3N5O. The molecule has 2 aromatic rings. The van der Waals surface area contributed by atoms with Gasteiger partial charge in [-0.25, -0.2) is 4.68 Å². The maximum absolute atomic E-state index is 12.3. The van der Waals surface area contributed by atoms with Gasteiger partial charge in [-0.15, -0.1) is 0 Å². The highest BCUT2D eigenvalue weighted by Crippen LogP contribution is 2.19. The van der Waals surface area contributed by atoms with Gasteiger partial charge < -0.3 is 5.32 Å². The first-order chi connectivity index (χ1) is 9.76. The number of nitrogens with zero attached hydrogens (tertiary/aromatic N) is 4. The summed E-state index contributed by atoms with van der Waals surface area (Å²) in [6.45, 7) is -1.10. The fourth-order valence-electron chi connectivity index (χ4n) is 1.61. The van der Waals surface area contributed by atoms with Crippen LogP contribution in [0.2, 0.25) is 0 Å². The van der Waals surface area contributed by atoms with E-state index in [9.17, 15) is 18.0 Å². The molecule has 0 radical (unpaired) electrons. The van der Waals surface area contributed by atoms with Gasteiger partial charge in [-0.2, -0.15) is 23.4 Å². The summed E-state index contributed by atoms with van der Waals surface area (Å²) in [5, 5.41) is 10.5. The van der Waals surface area contributed by atoms with Crippen molar-refractivity contribution in [3.63, 3.8) is 0 Å². The van der Waals surface area contributed by atoms with E-state index in [1.54, 1.807) is 24.0 Å². The molecule has 0 saturated carbocycles. The molecule has 0 aliphatic rings. The van der Waals surface area contributed by atoms with Crippen molar-refractivity contribution in [2.24, 2.45) is 7.05 Å². The van der Waals surface area contributed by atoms with Crippen LogP contribution in [0.5, 0.6) is 0 Å². The van der Waals surface area contributed by atoms with Crippen LogP contribution < -0.4 is 10.9 Å². The summed E-state index contributed by atoms with van der Waals surface area (Å²) < 4.78 is 38.8. The second-order valence-corrected chi connectivity index (χ2v) is 5.08. The van der Waals surface area contributed by atoms with Crippen LogP contribution in [0.25, 0.3) is 0 Å². The summed E-state index contributed by atoms with van der Waals surface area (Å²) in [5.74, 6) is 0. The molecule has 114 valence electrons. The largest absolute Gasteiger partial charge is 0.408 e. The quantitative estimate of drug-likeness (QED) is 0.898. The zero-order valence-corrected chi connectivity index (χ0v) is 12.4. The number of halogens is 4. The Hall–Kier alpha value is -1.84. The third-order valence-electron chi connectivity index (χ3n) is 2.54. The molecule has 0 aliphatic carbocycles. The van der Waals surface area contributed by atoms with Gasteiger partial charge in [-0.1, -0.05) is 0 Å². The lowest BCUT2D eigenvalue weighted by atomic mass is 10.4. The summed E-state index contributed by atoms with van der Waals surface area (Å²) in [6.07, 6.45) is -1.58. The van der Waals surface area contributed by atoms with Gasteiger partial charge in [0.15, 0.2) is 0 Å². The molecule has 0 amide bonds. The lowest BCUT2D eigenvalue weighted by Crippen LogP contribution is -2.31. The molecule has 2 rings (SSSR count). The van der Waals surface area contributed by atoms with Gasteiger partial charge in [0.05, 0.1) is 24.1 Å². The fourth-order valence-corrected chi connectivity index (χ4v) is 2.06. The first-order valence-corrected chi connectivity index (χ1v) is 6.60. The fraction of sp³-hybridized carbons (Fsp3) is 0.364. The van der Waals surface area contributed by atoms with Crippen molar-refractivity contribution in [1.29, 1.82) is 0 Å². The zero-order chi connectivity index (χ0) is 15.6. The van der Waals surface area contributed by atoms with Crippen LogP contribution in [0.4, 0.5) is 18.9 Å². The Bertz CT molecular complexity index is 694. The number of rotatable bonds is 4. The van der Waals surface area contributed by atoms with E-state index in [-0.39, 0.29) is 4.47 Å². The smallest absolute Gasteiger partial charge is 0.377 e. The van der Waals surface area contributed by atoms with Crippen LogP contribution >= 0.6 is 15.9 Å². The van der Waals surface area contributed by atoms with Crippen molar-refractivity contribution in [1.82, 2.24) is 19.6 Å². The Labute approximate surface area is 125 Å². The average molecular weight is 366 g/mol. The SMILES string of the molecule is Cn1ccc(CNc2cnn(CC(F)(F)F)c(=O)c2Br)n1. The van der Waals surface area contributed by atoms with Crippen molar-refractivity contribution in [2.45, 2.75) is 19.3 Å². The summed E-state index contributed by atoms with van der Waals surface area (Å²) in [6, 6.07) is 1.78. The molecule has 0 saturated heterocycles. The number of alkyl halides is 3. The van der Waals surface area contributed by atoms with Crippen LogP contribution in [-0.2, 0) is 20.1 Å². The molecule has 0 aliphatic heterocycles. The number of aryl methyl sites for hydroxylation is 1. The van der Waals surface area contributed by atoms with E-state index in [1.807, 2.05) is 0 Å². The minimum atomic E-state index is -4.50. The topological polar surface area (TPSA) is 64.7 Å². The second kappa shape index (κ2) is 5.88. The molecular weight excluding hydrogens is 355 g/mol. The van der Waals surface area contributed by atoms with Crippen LogP contribution in [-0.4, -0.2) is 25.7 Å². The number of hydrogen-bond donors (Lipinski definition) is 1. The molecule has 0 spiro atoms. The average Bonchev–Trinajstić information content (AvgIpc) is 2.79. The highest BCUT2D eigenvalue weighted by molar-refractivity contribution is 9.10. The van der Waals surface area contributed by atoms with Gasteiger partial charge in [0.25, 0.3) is 5.56 Å². The highest BCUT2D eigenvalue weighted by atomic mass is 79.9. The van der Waals surface area contributed by atoms with E-state index in [2.05, 4.69) is 31.4 Å². The summed E-state index contributed by atoms with van der Waals surface area (Å²) >= 11 is 2.99. The first kappa shape index (κ1) is 15.5. The van der Waals surface area contributed by atoms with Crippen LogP contribution in [0.15, 0.2) is 27.7 Å². The van der Waals surface area contributed by atoms with Gasteiger partial charge in [-0.05, 0) is 22.0 Å². The standard InChI is InChI=1S/C11H11BrF3N5O/c1-19-3-2-7(18-19)4-16-8-5-17-20(6-11(13,14)15)10(21)9(8)12/h2-3,5,16H,4,6H2,1H3.